The highest BCUT2D eigenvalue weighted by molar-refractivity contribution is 5.94. The van der Waals surface area contributed by atoms with E-state index in [-0.39, 0.29) is 5.91 Å². The molecule has 2 heteroatoms. The van der Waals surface area contributed by atoms with Crippen LogP contribution >= 0.6 is 0 Å². The van der Waals surface area contributed by atoms with Crippen LogP contribution in [0.4, 0.5) is 0 Å². The summed E-state index contributed by atoms with van der Waals surface area (Å²) in [5.74, 6) is -0.0417. The minimum absolute atomic E-state index is 0.0417. The normalized spacial score (nSPS) is 9.94. The maximum absolute atomic E-state index is 11.5. The Hall–Kier alpha value is -2.09. The molecule has 0 spiro atoms. The third kappa shape index (κ3) is 2.94. The Kier molecular flexibility index (Phi) is 3.55. The largest absolute Gasteiger partial charge is 0.355 e. The predicted octanol–water partition coefficient (Wildman–Crippen LogP) is 2.64. The summed E-state index contributed by atoms with van der Waals surface area (Å²) in [5, 5.41) is 2.63. The van der Waals surface area contributed by atoms with Crippen molar-refractivity contribution in [3.05, 3.63) is 71.3 Å². The number of amides is 1. The third-order valence-corrected chi connectivity index (χ3v) is 2.67. The molecule has 0 aliphatic heterocycles. The Morgan fingerprint density at radius 1 is 1.00 bits per heavy atom. The van der Waals surface area contributed by atoms with Gasteiger partial charge in [-0.15, -0.1) is 0 Å². The quantitative estimate of drug-likeness (QED) is 0.854. The van der Waals surface area contributed by atoms with Crippen LogP contribution in [0.1, 0.15) is 21.5 Å². The van der Waals surface area contributed by atoms with E-state index in [1.165, 1.54) is 5.56 Å². The van der Waals surface area contributed by atoms with Crippen LogP contribution in [0.15, 0.2) is 54.6 Å². The molecule has 0 aliphatic rings. The van der Waals surface area contributed by atoms with Crippen LogP contribution in [-0.2, 0) is 6.42 Å². The molecule has 0 fully saturated rings. The van der Waals surface area contributed by atoms with Gasteiger partial charge in [-0.25, -0.2) is 0 Å². The molecule has 1 amide bonds. The van der Waals surface area contributed by atoms with E-state index >= 15 is 0 Å². The topological polar surface area (TPSA) is 29.1 Å². The van der Waals surface area contributed by atoms with Gasteiger partial charge in [0, 0.05) is 12.6 Å². The summed E-state index contributed by atoms with van der Waals surface area (Å²) < 4.78 is 0. The van der Waals surface area contributed by atoms with Crippen molar-refractivity contribution in [2.24, 2.45) is 0 Å². The summed E-state index contributed by atoms with van der Waals surface area (Å²) in [5.41, 5.74) is 3.11. The smallest absolute Gasteiger partial charge is 0.251 e. The Labute approximate surface area is 101 Å². The third-order valence-electron chi connectivity index (χ3n) is 2.67. The van der Waals surface area contributed by atoms with E-state index in [9.17, 15) is 4.79 Å². The molecule has 0 saturated carbocycles. The minimum atomic E-state index is -0.0417. The van der Waals surface area contributed by atoms with Crippen molar-refractivity contribution < 1.29 is 4.79 Å². The second kappa shape index (κ2) is 5.30. The van der Waals surface area contributed by atoms with E-state index in [2.05, 4.69) is 17.4 Å². The molecule has 0 bridgehead atoms. The van der Waals surface area contributed by atoms with Crippen molar-refractivity contribution in [1.29, 1.82) is 0 Å². The maximum Gasteiger partial charge on any atom is 0.251 e. The summed E-state index contributed by atoms with van der Waals surface area (Å²) in [6, 6.07) is 18.0. The Bertz CT molecular complexity index is 505. The van der Waals surface area contributed by atoms with Crippen LogP contribution in [0, 0.1) is 0 Å². The molecule has 0 saturated heterocycles. The van der Waals surface area contributed by atoms with E-state index < -0.39 is 0 Å². The number of benzene rings is 2. The average molecular weight is 225 g/mol. The van der Waals surface area contributed by atoms with E-state index in [1.807, 2.05) is 42.5 Å². The van der Waals surface area contributed by atoms with Crippen molar-refractivity contribution in [2.45, 2.75) is 6.42 Å². The van der Waals surface area contributed by atoms with Crippen LogP contribution in [0.3, 0.4) is 0 Å². The number of hydrogen-bond acceptors (Lipinski definition) is 1. The van der Waals surface area contributed by atoms with Crippen LogP contribution in [0.5, 0.6) is 0 Å². The van der Waals surface area contributed by atoms with Gasteiger partial charge in [0.25, 0.3) is 5.91 Å². The monoisotopic (exact) mass is 225 g/mol. The standard InChI is InChI=1S/C15H15NO/c1-16-15(17)14-9-5-8-13(11-14)10-12-6-3-2-4-7-12/h2-9,11H,10H2,1H3,(H,16,17). The molecule has 2 nitrogen and oxygen atoms in total. The van der Waals surface area contributed by atoms with Gasteiger partial charge < -0.3 is 5.32 Å². The molecule has 0 radical (unpaired) electrons. The number of rotatable bonds is 3. The maximum atomic E-state index is 11.5. The molecule has 2 aromatic rings. The summed E-state index contributed by atoms with van der Waals surface area (Å²) in [6.45, 7) is 0. The first kappa shape index (κ1) is 11.4. The summed E-state index contributed by atoms with van der Waals surface area (Å²) in [7, 11) is 1.65. The first-order chi connectivity index (χ1) is 8.29. The van der Waals surface area contributed by atoms with E-state index in [0.29, 0.717) is 5.56 Å². The zero-order valence-electron chi connectivity index (χ0n) is 9.81. The summed E-state index contributed by atoms with van der Waals surface area (Å²) in [6.07, 6.45) is 0.853. The lowest BCUT2D eigenvalue weighted by Gasteiger charge is -2.04. The molecule has 86 valence electrons. The molecular formula is C15H15NO. The lowest BCUT2D eigenvalue weighted by atomic mass is 10.0. The van der Waals surface area contributed by atoms with Gasteiger partial charge >= 0.3 is 0 Å². The van der Waals surface area contributed by atoms with E-state index in [0.717, 1.165) is 12.0 Å². The molecule has 0 aliphatic carbocycles. The molecule has 0 atom stereocenters. The van der Waals surface area contributed by atoms with Crippen molar-refractivity contribution in [3.8, 4) is 0 Å². The molecule has 0 unspecified atom stereocenters. The van der Waals surface area contributed by atoms with Gasteiger partial charge in [0.2, 0.25) is 0 Å². The average Bonchev–Trinajstić information content (AvgIpc) is 2.39. The van der Waals surface area contributed by atoms with Crippen LogP contribution in [0.25, 0.3) is 0 Å². The van der Waals surface area contributed by atoms with Crippen molar-refractivity contribution >= 4 is 5.91 Å². The fraction of sp³-hybridized carbons (Fsp3) is 0.133. The van der Waals surface area contributed by atoms with E-state index in [4.69, 9.17) is 0 Å². The lowest BCUT2D eigenvalue weighted by molar-refractivity contribution is 0.0963. The van der Waals surface area contributed by atoms with Gasteiger partial charge in [0.05, 0.1) is 0 Å². The van der Waals surface area contributed by atoms with Gasteiger partial charge in [-0.2, -0.15) is 0 Å². The predicted molar refractivity (Wildman–Crippen MR) is 69.1 cm³/mol. The fourth-order valence-corrected chi connectivity index (χ4v) is 1.80. The fourth-order valence-electron chi connectivity index (χ4n) is 1.80. The highest BCUT2D eigenvalue weighted by Crippen LogP contribution is 2.11. The van der Waals surface area contributed by atoms with Crippen molar-refractivity contribution in [3.63, 3.8) is 0 Å². The van der Waals surface area contributed by atoms with Crippen LogP contribution in [-0.4, -0.2) is 13.0 Å². The zero-order chi connectivity index (χ0) is 12.1. The highest BCUT2D eigenvalue weighted by Gasteiger charge is 2.03. The van der Waals surface area contributed by atoms with Crippen LogP contribution < -0.4 is 5.32 Å². The second-order valence-electron chi connectivity index (χ2n) is 3.94. The molecule has 0 heterocycles. The second-order valence-corrected chi connectivity index (χ2v) is 3.94. The summed E-state index contributed by atoms with van der Waals surface area (Å²) in [4.78, 5) is 11.5. The Morgan fingerprint density at radius 2 is 1.71 bits per heavy atom. The van der Waals surface area contributed by atoms with Gasteiger partial charge in [-0.3, -0.25) is 4.79 Å². The van der Waals surface area contributed by atoms with Crippen LogP contribution in [0.2, 0.25) is 0 Å². The van der Waals surface area contributed by atoms with Gasteiger partial charge in [0.1, 0.15) is 0 Å². The highest BCUT2D eigenvalue weighted by atomic mass is 16.1. The first-order valence-electron chi connectivity index (χ1n) is 5.64. The number of carbonyl (C=O) groups excluding carboxylic acids is 1. The summed E-state index contributed by atoms with van der Waals surface area (Å²) >= 11 is 0. The number of hydrogen-bond donors (Lipinski definition) is 1. The minimum Gasteiger partial charge on any atom is -0.355 e. The molecule has 17 heavy (non-hydrogen) atoms. The van der Waals surface area contributed by atoms with Crippen molar-refractivity contribution in [1.82, 2.24) is 5.32 Å². The van der Waals surface area contributed by atoms with Gasteiger partial charge in [-0.05, 0) is 29.7 Å². The zero-order valence-corrected chi connectivity index (χ0v) is 9.81. The molecule has 1 N–H and O–H groups in total. The molecule has 2 rings (SSSR count). The lowest BCUT2D eigenvalue weighted by Crippen LogP contribution is -2.17. The first-order valence-corrected chi connectivity index (χ1v) is 5.64. The van der Waals surface area contributed by atoms with Gasteiger partial charge in [-0.1, -0.05) is 42.5 Å². The number of nitrogens with one attached hydrogen (secondary N) is 1. The molecule has 2 aromatic carbocycles. The Morgan fingerprint density at radius 3 is 2.41 bits per heavy atom. The number of carbonyl (C=O) groups is 1. The van der Waals surface area contributed by atoms with Gasteiger partial charge in [0.15, 0.2) is 0 Å². The van der Waals surface area contributed by atoms with Crippen molar-refractivity contribution in [2.75, 3.05) is 7.05 Å². The Balaban J connectivity index is 2.20. The van der Waals surface area contributed by atoms with E-state index in [1.54, 1.807) is 7.05 Å². The SMILES string of the molecule is CNC(=O)c1cccc(Cc2ccccc2)c1. The molecular weight excluding hydrogens is 210 g/mol. The molecule has 0 aromatic heterocycles.